The quantitative estimate of drug-likeness (QED) is 0.128. The molecule has 0 amide bonds. The molecule has 0 fully saturated rings. The van der Waals surface area contributed by atoms with Gasteiger partial charge in [0.2, 0.25) is 0 Å². The van der Waals surface area contributed by atoms with Gasteiger partial charge in [-0.25, -0.2) is 0 Å². The standard InChI is InChI=1S/C29H55NO4/c1-7-8-9-10-11-12-13-14-15-16-17-18-19-20-21-22-26(31)33-25-29(5,6)30-24-23-27(32)34-28(2,3)4/h30H,5-25H2,1-4H3. The third-order valence-corrected chi connectivity index (χ3v) is 5.74. The van der Waals surface area contributed by atoms with Crippen LogP contribution in [-0.4, -0.2) is 36.2 Å². The molecule has 1 N–H and O–H groups in total. The van der Waals surface area contributed by atoms with Gasteiger partial charge in [-0.1, -0.05) is 96.8 Å². The van der Waals surface area contributed by atoms with E-state index in [9.17, 15) is 9.59 Å². The second kappa shape index (κ2) is 20.1. The highest BCUT2D eigenvalue weighted by Crippen LogP contribution is 2.14. The van der Waals surface area contributed by atoms with Gasteiger partial charge in [0.15, 0.2) is 0 Å². The Kier molecular flexibility index (Phi) is 19.5. The van der Waals surface area contributed by atoms with E-state index in [-0.39, 0.29) is 25.0 Å². The minimum absolute atomic E-state index is 0.0822. The molecule has 0 aromatic rings. The largest absolute Gasteiger partial charge is 0.464 e. The van der Waals surface area contributed by atoms with E-state index in [0.29, 0.717) is 13.0 Å². The predicted octanol–water partition coefficient (Wildman–Crippen LogP) is 7.52. The van der Waals surface area contributed by atoms with Crippen molar-refractivity contribution in [2.45, 2.75) is 148 Å². The Morgan fingerprint density at radius 2 is 1.12 bits per heavy atom. The normalized spacial score (nSPS) is 12.1. The van der Waals surface area contributed by atoms with Crippen molar-refractivity contribution < 1.29 is 19.1 Å². The SMILES string of the molecule is [CH2]C([CH2])(COC(=O)CCCCCCCCCCCCCCCCC)NCCC(=O)OC(C)(C)C. The van der Waals surface area contributed by atoms with Crippen molar-refractivity contribution in [3.63, 3.8) is 0 Å². The molecular formula is C29H55NO4. The first-order valence-corrected chi connectivity index (χ1v) is 13.9. The van der Waals surface area contributed by atoms with Gasteiger partial charge in [-0.2, -0.15) is 0 Å². The van der Waals surface area contributed by atoms with Crippen molar-refractivity contribution in [3.05, 3.63) is 13.8 Å². The Balaban J connectivity index is 3.53. The molecule has 5 heteroatoms. The number of ether oxygens (including phenoxy) is 2. The van der Waals surface area contributed by atoms with Crippen molar-refractivity contribution in [3.8, 4) is 0 Å². The van der Waals surface area contributed by atoms with E-state index in [1.54, 1.807) is 0 Å². The smallest absolute Gasteiger partial charge is 0.307 e. The summed E-state index contributed by atoms with van der Waals surface area (Å²) in [5, 5.41) is 3.05. The zero-order valence-corrected chi connectivity index (χ0v) is 23.0. The maximum atomic E-state index is 12.0. The molecule has 0 heterocycles. The molecule has 0 saturated heterocycles. The van der Waals surface area contributed by atoms with Gasteiger partial charge < -0.3 is 14.8 Å². The molecule has 0 aliphatic rings. The first-order valence-electron chi connectivity index (χ1n) is 13.9. The summed E-state index contributed by atoms with van der Waals surface area (Å²) in [4.78, 5) is 23.7. The van der Waals surface area contributed by atoms with Crippen molar-refractivity contribution >= 4 is 11.9 Å². The van der Waals surface area contributed by atoms with Crippen LogP contribution in [0.4, 0.5) is 0 Å². The van der Waals surface area contributed by atoms with Crippen molar-refractivity contribution in [2.75, 3.05) is 13.2 Å². The zero-order valence-electron chi connectivity index (χ0n) is 23.0. The van der Waals surface area contributed by atoms with Crippen LogP contribution in [0, 0.1) is 13.8 Å². The van der Waals surface area contributed by atoms with E-state index < -0.39 is 11.1 Å². The monoisotopic (exact) mass is 481 g/mol. The molecule has 0 aliphatic heterocycles. The Labute approximate surface area is 211 Å². The summed E-state index contributed by atoms with van der Waals surface area (Å²) in [6.45, 7) is 16.1. The van der Waals surface area contributed by atoms with Gasteiger partial charge in [-0.15, -0.1) is 0 Å². The molecule has 0 aromatic heterocycles. The lowest BCUT2D eigenvalue weighted by Crippen LogP contribution is -2.45. The molecule has 34 heavy (non-hydrogen) atoms. The average Bonchev–Trinajstić information content (AvgIpc) is 2.73. The Morgan fingerprint density at radius 3 is 1.56 bits per heavy atom. The molecule has 0 bridgehead atoms. The summed E-state index contributed by atoms with van der Waals surface area (Å²) in [6, 6.07) is 0. The number of rotatable bonds is 22. The topological polar surface area (TPSA) is 64.6 Å². The van der Waals surface area contributed by atoms with E-state index in [1.807, 2.05) is 20.8 Å². The maximum absolute atomic E-state index is 12.0. The molecule has 0 unspecified atom stereocenters. The third kappa shape index (κ3) is 24.0. The van der Waals surface area contributed by atoms with Crippen LogP contribution in [0.3, 0.4) is 0 Å². The second-order valence-electron chi connectivity index (χ2n) is 10.9. The van der Waals surface area contributed by atoms with Crippen LogP contribution in [0.15, 0.2) is 0 Å². The van der Waals surface area contributed by atoms with Crippen LogP contribution in [0.1, 0.15) is 137 Å². The van der Waals surface area contributed by atoms with E-state index in [2.05, 4.69) is 26.1 Å². The van der Waals surface area contributed by atoms with E-state index in [4.69, 9.17) is 9.47 Å². The van der Waals surface area contributed by atoms with Gasteiger partial charge in [-0.3, -0.25) is 9.59 Å². The van der Waals surface area contributed by atoms with Crippen LogP contribution < -0.4 is 5.32 Å². The van der Waals surface area contributed by atoms with Gasteiger partial charge in [-0.05, 0) is 41.0 Å². The first kappa shape index (κ1) is 32.9. The molecule has 0 aromatic carbocycles. The fraction of sp³-hybridized carbons (Fsp3) is 0.862. The van der Waals surface area contributed by atoms with E-state index >= 15 is 0 Å². The average molecular weight is 482 g/mol. The lowest BCUT2D eigenvalue weighted by molar-refractivity contribution is -0.155. The Hall–Kier alpha value is -1.10. The summed E-state index contributed by atoms with van der Waals surface area (Å²) in [6.07, 6.45) is 20.2. The van der Waals surface area contributed by atoms with Crippen molar-refractivity contribution in [2.24, 2.45) is 0 Å². The van der Waals surface area contributed by atoms with Crippen LogP contribution in [0.5, 0.6) is 0 Å². The van der Waals surface area contributed by atoms with E-state index in [0.717, 1.165) is 12.8 Å². The Morgan fingerprint density at radius 1 is 0.676 bits per heavy atom. The van der Waals surface area contributed by atoms with Gasteiger partial charge in [0.1, 0.15) is 12.2 Å². The summed E-state index contributed by atoms with van der Waals surface area (Å²) in [5.74, 6) is -0.485. The number of esters is 2. The number of unbranched alkanes of at least 4 members (excludes halogenated alkanes) is 14. The summed E-state index contributed by atoms with van der Waals surface area (Å²) < 4.78 is 10.6. The minimum Gasteiger partial charge on any atom is -0.464 e. The lowest BCUT2D eigenvalue weighted by Gasteiger charge is -2.26. The number of hydrogen-bond acceptors (Lipinski definition) is 5. The van der Waals surface area contributed by atoms with E-state index in [1.165, 1.54) is 83.5 Å². The van der Waals surface area contributed by atoms with Crippen molar-refractivity contribution in [1.82, 2.24) is 5.32 Å². The minimum atomic E-state index is -0.868. The number of nitrogens with one attached hydrogen (secondary N) is 1. The van der Waals surface area contributed by atoms with Crippen LogP contribution in [0.2, 0.25) is 0 Å². The molecule has 2 radical (unpaired) electrons. The zero-order chi connectivity index (χ0) is 25.7. The second-order valence-corrected chi connectivity index (χ2v) is 10.9. The highest BCUT2D eigenvalue weighted by atomic mass is 16.6. The molecule has 200 valence electrons. The van der Waals surface area contributed by atoms with Gasteiger partial charge in [0.25, 0.3) is 0 Å². The van der Waals surface area contributed by atoms with Gasteiger partial charge >= 0.3 is 11.9 Å². The van der Waals surface area contributed by atoms with Gasteiger partial charge in [0, 0.05) is 13.0 Å². The summed E-state index contributed by atoms with van der Waals surface area (Å²) in [7, 11) is 0. The number of carbonyl (C=O) groups excluding carboxylic acids is 2. The predicted molar refractivity (Wildman–Crippen MR) is 142 cm³/mol. The highest BCUT2D eigenvalue weighted by molar-refractivity contribution is 5.70. The van der Waals surface area contributed by atoms with Crippen LogP contribution in [0.25, 0.3) is 0 Å². The Bertz CT molecular complexity index is 511. The highest BCUT2D eigenvalue weighted by Gasteiger charge is 2.21. The summed E-state index contributed by atoms with van der Waals surface area (Å²) >= 11 is 0. The molecule has 0 rings (SSSR count). The van der Waals surface area contributed by atoms with Crippen molar-refractivity contribution in [1.29, 1.82) is 0 Å². The van der Waals surface area contributed by atoms with Crippen LogP contribution >= 0.6 is 0 Å². The third-order valence-electron chi connectivity index (χ3n) is 5.74. The first-order chi connectivity index (χ1) is 16.1. The fourth-order valence-corrected chi connectivity index (χ4v) is 3.80. The molecule has 0 aliphatic carbocycles. The lowest BCUT2D eigenvalue weighted by atomic mass is 10.0. The summed E-state index contributed by atoms with van der Waals surface area (Å²) in [5.41, 5.74) is -1.36. The number of hydrogen-bond donors (Lipinski definition) is 1. The van der Waals surface area contributed by atoms with Gasteiger partial charge in [0.05, 0.1) is 12.0 Å². The maximum Gasteiger partial charge on any atom is 0.307 e. The number of carbonyl (C=O) groups is 2. The molecular weight excluding hydrogens is 426 g/mol. The molecule has 5 nitrogen and oxygen atoms in total. The van der Waals surface area contributed by atoms with Crippen LogP contribution in [-0.2, 0) is 19.1 Å². The fourth-order valence-electron chi connectivity index (χ4n) is 3.80. The molecule has 0 spiro atoms. The molecule has 0 atom stereocenters. The molecule has 0 saturated carbocycles.